The van der Waals surface area contributed by atoms with E-state index in [0.29, 0.717) is 17.3 Å². The normalized spacial score (nSPS) is 11.2. The van der Waals surface area contributed by atoms with E-state index in [0.717, 1.165) is 16.8 Å². The molecule has 1 amide bonds. The number of hydrogen-bond acceptors (Lipinski definition) is 4. The standard InChI is InChI=1S/C18H24N4O/c1-11-8-7-9-12(2)16(11)21-17(23)14-10-15(20-13(3)19-14)22-18(4,5)6/h7-10H,1-6H3,(H,21,23)(H,19,20,22). The van der Waals surface area contributed by atoms with Gasteiger partial charge in [-0.3, -0.25) is 4.79 Å². The Labute approximate surface area is 137 Å². The number of anilines is 2. The molecular formula is C18H24N4O. The fourth-order valence-electron chi connectivity index (χ4n) is 2.32. The lowest BCUT2D eigenvalue weighted by molar-refractivity contribution is 0.102. The number of aromatic nitrogens is 2. The molecule has 2 rings (SSSR count). The van der Waals surface area contributed by atoms with Gasteiger partial charge in [0.15, 0.2) is 0 Å². The molecule has 23 heavy (non-hydrogen) atoms. The second-order valence-electron chi connectivity index (χ2n) is 6.78. The Bertz CT molecular complexity index is 712. The summed E-state index contributed by atoms with van der Waals surface area (Å²) < 4.78 is 0. The van der Waals surface area contributed by atoms with Crippen LogP contribution < -0.4 is 10.6 Å². The third kappa shape index (κ3) is 4.52. The Morgan fingerprint density at radius 2 is 1.65 bits per heavy atom. The molecule has 0 radical (unpaired) electrons. The molecule has 0 aliphatic rings. The second-order valence-corrected chi connectivity index (χ2v) is 6.78. The van der Waals surface area contributed by atoms with Crippen LogP contribution in [0.3, 0.4) is 0 Å². The Balaban J connectivity index is 2.29. The number of aryl methyl sites for hydroxylation is 3. The lowest BCUT2D eigenvalue weighted by Gasteiger charge is -2.21. The predicted octanol–water partition coefficient (Wildman–Crippen LogP) is 3.86. The third-order valence-electron chi connectivity index (χ3n) is 3.29. The van der Waals surface area contributed by atoms with Crippen molar-refractivity contribution in [3.8, 4) is 0 Å². The molecule has 0 saturated heterocycles. The Kier molecular flexibility index (Phi) is 4.68. The smallest absolute Gasteiger partial charge is 0.274 e. The van der Waals surface area contributed by atoms with Crippen molar-refractivity contribution >= 4 is 17.4 Å². The molecule has 0 bridgehead atoms. The zero-order valence-electron chi connectivity index (χ0n) is 14.6. The first kappa shape index (κ1) is 16.9. The minimum Gasteiger partial charge on any atom is -0.365 e. The second kappa shape index (κ2) is 6.36. The van der Waals surface area contributed by atoms with Crippen LogP contribution in [0.15, 0.2) is 24.3 Å². The van der Waals surface area contributed by atoms with E-state index in [9.17, 15) is 4.79 Å². The number of amides is 1. The molecule has 0 aliphatic heterocycles. The lowest BCUT2D eigenvalue weighted by Crippen LogP contribution is -2.27. The molecule has 0 atom stereocenters. The Morgan fingerprint density at radius 3 is 2.22 bits per heavy atom. The van der Waals surface area contributed by atoms with E-state index in [-0.39, 0.29) is 11.4 Å². The highest BCUT2D eigenvalue weighted by Gasteiger charge is 2.16. The van der Waals surface area contributed by atoms with Crippen molar-refractivity contribution < 1.29 is 4.79 Å². The van der Waals surface area contributed by atoms with Crippen molar-refractivity contribution in [2.75, 3.05) is 10.6 Å². The summed E-state index contributed by atoms with van der Waals surface area (Å²) in [6, 6.07) is 7.60. The zero-order chi connectivity index (χ0) is 17.2. The molecule has 122 valence electrons. The number of hydrogen-bond donors (Lipinski definition) is 2. The number of carbonyl (C=O) groups excluding carboxylic acids is 1. The molecule has 2 N–H and O–H groups in total. The van der Waals surface area contributed by atoms with Crippen molar-refractivity contribution in [2.24, 2.45) is 0 Å². The van der Waals surface area contributed by atoms with E-state index in [2.05, 4.69) is 20.6 Å². The van der Waals surface area contributed by atoms with Crippen LogP contribution >= 0.6 is 0 Å². The minimum absolute atomic E-state index is 0.138. The highest BCUT2D eigenvalue weighted by atomic mass is 16.1. The fourth-order valence-corrected chi connectivity index (χ4v) is 2.32. The van der Waals surface area contributed by atoms with Crippen LogP contribution in [0.4, 0.5) is 11.5 Å². The first-order chi connectivity index (χ1) is 10.7. The monoisotopic (exact) mass is 312 g/mol. The average molecular weight is 312 g/mol. The van der Waals surface area contributed by atoms with Gasteiger partial charge in [-0.15, -0.1) is 0 Å². The van der Waals surface area contributed by atoms with Crippen LogP contribution in [0, 0.1) is 20.8 Å². The number of carbonyl (C=O) groups is 1. The number of rotatable bonds is 3. The molecule has 0 saturated carbocycles. The molecule has 0 aliphatic carbocycles. The van der Waals surface area contributed by atoms with E-state index >= 15 is 0 Å². The van der Waals surface area contributed by atoms with Gasteiger partial charge in [-0.25, -0.2) is 9.97 Å². The molecule has 1 aromatic heterocycles. The van der Waals surface area contributed by atoms with Gasteiger partial charge in [0, 0.05) is 17.3 Å². The zero-order valence-corrected chi connectivity index (χ0v) is 14.6. The SMILES string of the molecule is Cc1nc(NC(C)(C)C)cc(C(=O)Nc2c(C)cccc2C)n1. The van der Waals surface area contributed by atoms with Gasteiger partial charge in [-0.05, 0) is 52.7 Å². The van der Waals surface area contributed by atoms with E-state index < -0.39 is 0 Å². The van der Waals surface area contributed by atoms with Gasteiger partial charge in [-0.2, -0.15) is 0 Å². The number of nitrogens with zero attached hydrogens (tertiary/aromatic N) is 2. The molecular weight excluding hydrogens is 288 g/mol. The van der Waals surface area contributed by atoms with Crippen molar-refractivity contribution in [1.82, 2.24) is 9.97 Å². The van der Waals surface area contributed by atoms with Crippen LogP contribution in [-0.2, 0) is 0 Å². The average Bonchev–Trinajstić information content (AvgIpc) is 2.40. The van der Waals surface area contributed by atoms with Gasteiger partial charge >= 0.3 is 0 Å². The molecule has 0 fully saturated rings. The lowest BCUT2D eigenvalue weighted by atomic mass is 10.1. The summed E-state index contributed by atoms with van der Waals surface area (Å²) in [6.45, 7) is 11.9. The summed E-state index contributed by atoms with van der Waals surface area (Å²) in [4.78, 5) is 21.2. The molecule has 5 nitrogen and oxygen atoms in total. The van der Waals surface area contributed by atoms with E-state index in [4.69, 9.17) is 0 Å². The molecule has 1 aromatic carbocycles. The number of nitrogens with one attached hydrogen (secondary N) is 2. The van der Waals surface area contributed by atoms with Crippen molar-refractivity contribution in [3.63, 3.8) is 0 Å². The number of para-hydroxylation sites is 1. The van der Waals surface area contributed by atoms with Crippen LogP contribution in [0.2, 0.25) is 0 Å². The van der Waals surface area contributed by atoms with E-state index in [1.807, 2.05) is 52.8 Å². The van der Waals surface area contributed by atoms with Gasteiger partial charge in [0.1, 0.15) is 17.3 Å². The van der Waals surface area contributed by atoms with Crippen molar-refractivity contribution in [2.45, 2.75) is 47.1 Å². The van der Waals surface area contributed by atoms with Crippen LogP contribution in [-0.4, -0.2) is 21.4 Å². The summed E-state index contributed by atoms with van der Waals surface area (Å²) in [5.41, 5.74) is 3.10. The number of benzene rings is 1. The summed E-state index contributed by atoms with van der Waals surface area (Å²) in [7, 11) is 0. The quantitative estimate of drug-likeness (QED) is 0.903. The van der Waals surface area contributed by atoms with Gasteiger partial charge in [0.2, 0.25) is 0 Å². The van der Waals surface area contributed by atoms with Gasteiger partial charge in [0.25, 0.3) is 5.91 Å². The van der Waals surface area contributed by atoms with Crippen molar-refractivity contribution in [1.29, 1.82) is 0 Å². The largest absolute Gasteiger partial charge is 0.365 e. The summed E-state index contributed by atoms with van der Waals surface area (Å²) in [5.74, 6) is 0.979. The first-order valence-corrected chi connectivity index (χ1v) is 7.67. The maximum Gasteiger partial charge on any atom is 0.274 e. The van der Waals surface area contributed by atoms with Gasteiger partial charge < -0.3 is 10.6 Å². The Hall–Kier alpha value is -2.43. The molecule has 2 aromatic rings. The third-order valence-corrected chi connectivity index (χ3v) is 3.29. The molecule has 5 heteroatoms. The summed E-state index contributed by atoms with van der Waals surface area (Å²) >= 11 is 0. The molecule has 1 heterocycles. The molecule has 0 unspecified atom stereocenters. The predicted molar refractivity (Wildman–Crippen MR) is 94.0 cm³/mol. The van der Waals surface area contributed by atoms with Crippen molar-refractivity contribution in [3.05, 3.63) is 46.9 Å². The maximum absolute atomic E-state index is 12.6. The van der Waals surface area contributed by atoms with Crippen LogP contribution in [0.1, 0.15) is 48.2 Å². The maximum atomic E-state index is 12.6. The van der Waals surface area contributed by atoms with Gasteiger partial charge in [0.05, 0.1) is 0 Å². The summed E-state index contributed by atoms with van der Waals surface area (Å²) in [5, 5.41) is 6.23. The highest BCUT2D eigenvalue weighted by Crippen LogP contribution is 2.21. The van der Waals surface area contributed by atoms with E-state index in [1.165, 1.54) is 0 Å². The summed E-state index contributed by atoms with van der Waals surface area (Å²) in [6.07, 6.45) is 0. The fraction of sp³-hybridized carbons (Fsp3) is 0.389. The van der Waals surface area contributed by atoms with Crippen LogP contribution in [0.5, 0.6) is 0 Å². The topological polar surface area (TPSA) is 66.9 Å². The Morgan fingerprint density at radius 1 is 1.04 bits per heavy atom. The molecule has 0 spiro atoms. The first-order valence-electron chi connectivity index (χ1n) is 7.67. The van der Waals surface area contributed by atoms with E-state index in [1.54, 1.807) is 13.0 Å². The van der Waals surface area contributed by atoms with Crippen LogP contribution in [0.25, 0.3) is 0 Å². The minimum atomic E-state index is -0.232. The highest BCUT2D eigenvalue weighted by molar-refractivity contribution is 6.04. The van der Waals surface area contributed by atoms with Gasteiger partial charge in [-0.1, -0.05) is 18.2 Å².